The van der Waals surface area contributed by atoms with E-state index in [9.17, 15) is 9.59 Å². The Balaban J connectivity index is 1.41. The van der Waals surface area contributed by atoms with Crippen molar-refractivity contribution in [3.05, 3.63) is 52.9 Å². The maximum Gasteiger partial charge on any atom is 0.410 e. The predicted molar refractivity (Wildman–Crippen MR) is 139 cm³/mol. The molecule has 0 saturated carbocycles. The zero-order valence-corrected chi connectivity index (χ0v) is 21.2. The van der Waals surface area contributed by atoms with Gasteiger partial charge in [0, 0.05) is 50.8 Å². The van der Waals surface area contributed by atoms with Crippen molar-refractivity contribution in [1.82, 2.24) is 9.88 Å². The Morgan fingerprint density at radius 3 is 2.47 bits per heavy atom. The number of piperidine rings is 1. The highest BCUT2D eigenvalue weighted by Gasteiger charge is 2.29. The summed E-state index contributed by atoms with van der Waals surface area (Å²) in [7, 11) is 0. The van der Waals surface area contributed by atoms with Crippen LogP contribution in [-0.2, 0) is 4.74 Å². The number of carbonyl (C=O) groups excluding carboxylic acids is 1. The second kappa shape index (κ2) is 9.84. The van der Waals surface area contributed by atoms with Crippen LogP contribution in [0.15, 0.2) is 51.7 Å². The summed E-state index contributed by atoms with van der Waals surface area (Å²) in [6.45, 7) is 8.75. The average molecular weight is 492 g/mol. The molecular weight excluding hydrogens is 458 g/mol. The second-order valence-electron chi connectivity index (χ2n) is 10.5. The summed E-state index contributed by atoms with van der Waals surface area (Å²) in [5, 5.41) is 0.451. The van der Waals surface area contributed by atoms with Crippen LogP contribution in [0, 0.1) is 0 Å². The predicted octanol–water partition coefficient (Wildman–Crippen LogP) is 5.23. The zero-order valence-electron chi connectivity index (χ0n) is 21.2. The minimum atomic E-state index is -0.522. The van der Waals surface area contributed by atoms with Crippen molar-refractivity contribution in [2.24, 2.45) is 0 Å². The third kappa shape index (κ3) is 5.32. The fourth-order valence-corrected chi connectivity index (χ4v) is 4.75. The number of rotatable bonds is 4. The smallest absolute Gasteiger partial charge is 0.410 e. The lowest BCUT2D eigenvalue weighted by atomic mass is 10.1. The molecule has 8 nitrogen and oxygen atoms in total. The molecule has 0 radical (unpaired) electrons. The number of para-hydroxylation sites is 1. The number of amides is 1. The standard InChI is InChI=1S/C28H33N3O5/c1-28(2,3)36-27(33)31-16-12-20(13-17-31)34-24-18-19(30-14-6-7-15-30)10-11-22(24)25-29-23-9-5-4-8-21(23)26(32)35-25/h4-5,8-11,18,20H,6-7,12-17H2,1-3H3. The number of hydrogen-bond acceptors (Lipinski definition) is 7. The average Bonchev–Trinajstić information content (AvgIpc) is 3.38. The molecule has 1 amide bonds. The van der Waals surface area contributed by atoms with E-state index >= 15 is 0 Å². The third-order valence-electron chi connectivity index (χ3n) is 6.59. The molecule has 2 aliphatic heterocycles. The number of fused-ring (bicyclic) bond motifs is 1. The van der Waals surface area contributed by atoms with Crippen LogP contribution >= 0.6 is 0 Å². The monoisotopic (exact) mass is 491 g/mol. The van der Waals surface area contributed by atoms with E-state index in [1.165, 1.54) is 12.8 Å². The van der Waals surface area contributed by atoms with Crippen LogP contribution in [0.3, 0.4) is 0 Å². The molecule has 2 aliphatic rings. The van der Waals surface area contributed by atoms with Crippen molar-refractivity contribution in [1.29, 1.82) is 0 Å². The lowest BCUT2D eigenvalue weighted by Gasteiger charge is -2.34. The van der Waals surface area contributed by atoms with E-state index < -0.39 is 11.2 Å². The molecule has 3 aromatic rings. The fraction of sp³-hybridized carbons (Fsp3) is 0.464. The van der Waals surface area contributed by atoms with Crippen molar-refractivity contribution in [2.75, 3.05) is 31.1 Å². The van der Waals surface area contributed by atoms with Gasteiger partial charge >= 0.3 is 11.7 Å². The molecule has 2 aromatic carbocycles. The molecule has 0 N–H and O–H groups in total. The molecule has 190 valence electrons. The first-order chi connectivity index (χ1) is 17.3. The minimum Gasteiger partial charge on any atom is -0.489 e. The third-order valence-corrected chi connectivity index (χ3v) is 6.59. The summed E-state index contributed by atoms with van der Waals surface area (Å²) >= 11 is 0. The number of benzene rings is 2. The van der Waals surface area contributed by atoms with E-state index in [1.54, 1.807) is 23.1 Å². The fourth-order valence-electron chi connectivity index (χ4n) is 4.75. The van der Waals surface area contributed by atoms with Gasteiger partial charge in [0.25, 0.3) is 0 Å². The topological polar surface area (TPSA) is 85.1 Å². The van der Waals surface area contributed by atoms with Crippen LogP contribution in [0.1, 0.15) is 46.5 Å². The highest BCUT2D eigenvalue weighted by molar-refractivity contribution is 5.79. The number of aromatic nitrogens is 1. The van der Waals surface area contributed by atoms with E-state index in [0.717, 1.165) is 18.8 Å². The lowest BCUT2D eigenvalue weighted by Crippen LogP contribution is -2.44. The molecule has 0 unspecified atom stereocenters. The largest absolute Gasteiger partial charge is 0.489 e. The highest BCUT2D eigenvalue weighted by Crippen LogP contribution is 2.36. The highest BCUT2D eigenvalue weighted by atomic mass is 16.6. The SMILES string of the molecule is CC(C)(C)OC(=O)N1CCC(Oc2cc(N3CCCC3)ccc2-c2nc3ccccc3c(=O)o2)CC1. The van der Waals surface area contributed by atoms with Gasteiger partial charge in [0.1, 0.15) is 17.5 Å². The van der Waals surface area contributed by atoms with Gasteiger partial charge < -0.3 is 23.7 Å². The van der Waals surface area contributed by atoms with Crippen molar-refractivity contribution in [3.8, 4) is 17.2 Å². The Labute approximate surface area is 210 Å². The first kappa shape index (κ1) is 24.2. The summed E-state index contributed by atoms with van der Waals surface area (Å²) in [6, 6.07) is 13.2. The van der Waals surface area contributed by atoms with Gasteiger partial charge in [-0.2, -0.15) is 0 Å². The van der Waals surface area contributed by atoms with Gasteiger partial charge in [-0.25, -0.2) is 14.6 Å². The molecule has 0 bridgehead atoms. The van der Waals surface area contributed by atoms with Gasteiger partial charge in [-0.05, 0) is 57.9 Å². The lowest BCUT2D eigenvalue weighted by molar-refractivity contribution is 0.0127. The van der Waals surface area contributed by atoms with Crippen molar-refractivity contribution < 1.29 is 18.7 Å². The quantitative estimate of drug-likeness (QED) is 0.494. The van der Waals surface area contributed by atoms with Gasteiger partial charge in [-0.3, -0.25) is 0 Å². The summed E-state index contributed by atoms with van der Waals surface area (Å²) in [4.78, 5) is 33.8. The van der Waals surface area contributed by atoms with Gasteiger partial charge in [0.15, 0.2) is 0 Å². The first-order valence-corrected chi connectivity index (χ1v) is 12.7. The van der Waals surface area contributed by atoms with E-state index in [1.807, 2.05) is 45.0 Å². The maximum absolute atomic E-state index is 12.6. The van der Waals surface area contributed by atoms with Crippen LogP contribution in [0.4, 0.5) is 10.5 Å². The number of ether oxygens (including phenoxy) is 2. The molecule has 2 saturated heterocycles. The van der Waals surface area contributed by atoms with Crippen molar-refractivity contribution in [2.45, 2.75) is 58.2 Å². The number of carbonyl (C=O) groups is 1. The molecule has 0 spiro atoms. The first-order valence-electron chi connectivity index (χ1n) is 12.7. The summed E-state index contributed by atoms with van der Waals surface area (Å²) in [5.41, 5.74) is 1.38. The molecule has 1 aromatic heterocycles. The Kier molecular flexibility index (Phi) is 6.60. The van der Waals surface area contributed by atoms with Gasteiger partial charge in [0.2, 0.25) is 5.89 Å². The summed E-state index contributed by atoms with van der Waals surface area (Å²) in [5.74, 6) is 0.883. The number of nitrogens with zero attached hydrogens (tertiary/aromatic N) is 3. The van der Waals surface area contributed by atoms with Crippen LogP contribution in [0.2, 0.25) is 0 Å². The Hall–Kier alpha value is -3.55. The van der Waals surface area contributed by atoms with Crippen LogP contribution in [-0.4, -0.2) is 53.9 Å². The molecule has 36 heavy (non-hydrogen) atoms. The maximum atomic E-state index is 12.6. The van der Waals surface area contributed by atoms with Crippen molar-refractivity contribution in [3.63, 3.8) is 0 Å². The van der Waals surface area contributed by atoms with E-state index in [2.05, 4.69) is 9.88 Å². The number of anilines is 1. The molecule has 0 aliphatic carbocycles. The van der Waals surface area contributed by atoms with Gasteiger partial charge in [-0.15, -0.1) is 0 Å². The van der Waals surface area contributed by atoms with Crippen molar-refractivity contribution >= 4 is 22.7 Å². The molecule has 3 heterocycles. The molecular formula is C28H33N3O5. The van der Waals surface area contributed by atoms with E-state index in [4.69, 9.17) is 13.9 Å². The summed E-state index contributed by atoms with van der Waals surface area (Å²) < 4.78 is 17.7. The van der Waals surface area contributed by atoms with Crippen LogP contribution in [0.25, 0.3) is 22.4 Å². The molecule has 8 heteroatoms. The number of hydrogen-bond donors (Lipinski definition) is 0. The molecule has 2 fully saturated rings. The minimum absolute atomic E-state index is 0.0801. The number of likely N-dealkylation sites (tertiary alicyclic amines) is 1. The molecule has 0 atom stereocenters. The summed E-state index contributed by atoms with van der Waals surface area (Å²) in [6.07, 6.45) is 3.33. The van der Waals surface area contributed by atoms with Crippen LogP contribution in [0.5, 0.6) is 5.75 Å². The molecule has 5 rings (SSSR count). The van der Waals surface area contributed by atoms with E-state index in [0.29, 0.717) is 48.1 Å². The normalized spacial score (nSPS) is 17.0. The van der Waals surface area contributed by atoms with Crippen LogP contribution < -0.4 is 15.3 Å². The Morgan fingerprint density at radius 1 is 1.03 bits per heavy atom. The Morgan fingerprint density at radius 2 is 1.75 bits per heavy atom. The second-order valence-corrected chi connectivity index (χ2v) is 10.5. The van der Waals surface area contributed by atoms with E-state index in [-0.39, 0.29) is 18.1 Å². The zero-order chi connectivity index (χ0) is 25.3. The Bertz CT molecular complexity index is 1300. The van der Waals surface area contributed by atoms with Gasteiger partial charge in [-0.1, -0.05) is 12.1 Å². The van der Waals surface area contributed by atoms with Gasteiger partial charge in [0.05, 0.1) is 16.5 Å².